The van der Waals surface area contributed by atoms with Crippen LogP contribution in [0.4, 0.5) is 5.82 Å². The first kappa shape index (κ1) is 16.8. The SMILES string of the molecule is COc1ccc(CNC(=O)[C@]2(C)Oc3cccnc3N(C)C2=O)cc1. The molecular formula is C18H19N3O4. The first-order chi connectivity index (χ1) is 12.0. The molecule has 1 atom stereocenters. The van der Waals surface area contributed by atoms with E-state index in [0.717, 1.165) is 11.3 Å². The van der Waals surface area contributed by atoms with Gasteiger partial charge in [-0.2, -0.15) is 0 Å². The van der Waals surface area contributed by atoms with Gasteiger partial charge < -0.3 is 14.8 Å². The molecule has 0 saturated carbocycles. The van der Waals surface area contributed by atoms with E-state index >= 15 is 0 Å². The molecule has 0 radical (unpaired) electrons. The van der Waals surface area contributed by atoms with Crippen LogP contribution in [0.1, 0.15) is 12.5 Å². The summed E-state index contributed by atoms with van der Waals surface area (Å²) in [6.45, 7) is 1.74. The van der Waals surface area contributed by atoms with Gasteiger partial charge in [-0.25, -0.2) is 4.98 Å². The van der Waals surface area contributed by atoms with Gasteiger partial charge in [0.2, 0.25) is 0 Å². The number of carbonyl (C=O) groups is 2. The number of amides is 2. The van der Waals surface area contributed by atoms with E-state index in [1.165, 1.54) is 11.8 Å². The highest BCUT2D eigenvalue weighted by atomic mass is 16.5. The Morgan fingerprint density at radius 3 is 2.72 bits per heavy atom. The normalized spacial score (nSPS) is 19.0. The van der Waals surface area contributed by atoms with Crippen molar-refractivity contribution in [1.82, 2.24) is 10.3 Å². The van der Waals surface area contributed by atoms with Crippen molar-refractivity contribution in [3.8, 4) is 11.5 Å². The Kier molecular flexibility index (Phi) is 4.31. The fourth-order valence-electron chi connectivity index (χ4n) is 2.63. The van der Waals surface area contributed by atoms with Crippen molar-refractivity contribution in [3.63, 3.8) is 0 Å². The minimum absolute atomic E-state index is 0.276. The van der Waals surface area contributed by atoms with E-state index < -0.39 is 17.4 Å². The van der Waals surface area contributed by atoms with Crippen molar-refractivity contribution in [2.45, 2.75) is 19.1 Å². The van der Waals surface area contributed by atoms with Crippen molar-refractivity contribution in [2.24, 2.45) is 0 Å². The number of nitrogens with zero attached hydrogens (tertiary/aromatic N) is 2. The zero-order valence-corrected chi connectivity index (χ0v) is 14.3. The highest BCUT2D eigenvalue weighted by Gasteiger charge is 2.50. The Morgan fingerprint density at radius 2 is 2.04 bits per heavy atom. The van der Waals surface area contributed by atoms with Crippen molar-refractivity contribution >= 4 is 17.6 Å². The molecule has 2 aromatic rings. The molecule has 2 amide bonds. The van der Waals surface area contributed by atoms with Crippen LogP contribution in [-0.4, -0.2) is 36.6 Å². The smallest absolute Gasteiger partial charge is 0.281 e. The molecule has 3 rings (SSSR count). The summed E-state index contributed by atoms with van der Waals surface area (Å²) in [5.41, 5.74) is -0.756. The van der Waals surface area contributed by atoms with Gasteiger partial charge in [-0.05, 0) is 36.8 Å². The molecule has 1 N–H and O–H groups in total. The summed E-state index contributed by atoms with van der Waals surface area (Å²) >= 11 is 0. The minimum Gasteiger partial charge on any atom is -0.497 e. The molecule has 1 aromatic heterocycles. The van der Waals surface area contributed by atoms with Gasteiger partial charge in [0.1, 0.15) is 5.75 Å². The highest BCUT2D eigenvalue weighted by Crippen LogP contribution is 2.35. The van der Waals surface area contributed by atoms with Gasteiger partial charge in [-0.1, -0.05) is 12.1 Å². The van der Waals surface area contributed by atoms with Gasteiger partial charge in [0.05, 0.1) is 7.11 Å². The number of rotatable bonds is 4. The van der Waals surface area contributed by atoms with E-state index in [-0.39, 0.29) is 6.54 Å². The number of methoxy groups -OCH3 is 1. The maximum Gasteiger partial charge on any atom is 0.281 e. The van der Waals surface area contributed by atoms with E-state index in [1.807, 2.05) is 12.1 Å². The fraction of sp³-hybridized carbons (Fsp3) is 0.278. The molecule has 1 aliphatic rings. The molecule has 1 aliphatic heterocycles. The molecule has 7 nitrogen and oxygen atoms in total. The lowest BCUT2D eigenvalue weighted by Crippen LogP contribution is -2.61. The number of ether oxygens (including phenoxy) is 2. The summed E-state index contributed by atoms with van der Waals surface area (Å²) in [5, 5.41) is 2.76. The van der Waals surface area contributed by atoms with E-state index in [2.05, 4.69) is 10.3 Å². The van der Waals surface area contributed by atoms with E-state index in [9.17, 15) is 9.59 Å². The van der Waals surface area contributed by atoms with Gasteiger partial charge in [-0.3, -0.25) is 14.5 Å². The molecule has 0 saturated heterocycles. The van der Waals surface area contributed by atoms with Gasteiger partial charge in [0.25, 0.3) is 17.4 Å². The lowest BCUT2D eigenvalue weighted by atomic mass is 10.0. The van der Waals surface area contributed by atoms with Crippen LogP contribution in [0.2, 0.25) is 0 Å². The molecule has 0 aliphatic carbocycles. The van der Waals surface area contributed by atoms with Crippen LogP contribution < -0.4 is 19.7 Å². The number of hydrogen-bond donors (Lipinski definition) is 1. The summed E-state index contributed by atoms with van der Waals surface area (Å²) in [4.78, 5) is 30.7. The predicted octanol–water partition coefficient (Wildman–Crippen LogP) is 1.52. The lowest BCUT2D eigenvalue weighted by molar-refractivity contribution is -0.148. The molecule has 0 fully saturated rings. The summed E-state index contributed by atoms with van der Waals surface area (Å²) in [7, 11) is 3.17. The predicted molar refractivity (Wildman–Crippen MR) is 91.5 cm³/mol. The third-order valence-corrected chi connectivity index (χ3v) is 4.14. The van der Waals surface area contributed by atoms with Gasteiger partial charge in [-0.15, -0.1) is 0 Å². The molecular weight excluding hydrogens is 322 g/mol. The van der Waals surface area contributed by atoms with Crippen molar-refractivity contribution in [2.75, 3.05) is 19.1 Å². The molecule has 0 spiro atoms. The molecule has 25 heavy (non-hydrogen) atoms. The highest BCUT2D eigenvalue weighted by molar-refractivity contribution is 6.15. The first-order valence-corrected chi connectivity index (χ1v) is 7.79. The third kappa shape index (κ3) is 3.00. The average molecular weight is 341 g/mol. The number of hydrogen-bond acceptors (Lipinski definition) is 5. The number of carbonyl (C=O) groups excluding carboxylic acids is 2. The third-order valence-electron chi connectivity index (χ3n) is 4.14. The Morgan fingerprint density at radius 1 is 1.32 bits per heavy atom. The quantitative estimate of drug-likeness (QED) is 0.853. The summed E-state index contributed by atoms with van der Waals surface area (Å²) in [6.07, 6.45) is 1.57. The van der Waals surface area contributed by atoms with Crippen LogP contribution in [0.5, 0.6) is 11.5 Å². The largest absolute Gasteiger partial charge is 0.497 e. The van der Waals surface area contributed by atoms with Crippen molar-refractivity contribution in [1.29, 1.82) is 0 Å². The number of likely N-dealkylation sites (N-methyl/N-ethyl adjacent to an activating group) is 1. The number of aromatic nitrogens is 1. The second-order valence-electron chi connectivity index (χ2n) is 5.86. The Labute approximate surface area is 145 Å². The fourth-order valence-corrected chi connectivity index (χ4v) is 2.63. The first-order valence-electron chi connectivity index (χ1n) is 7.79. The molecule has 2 heterocycles. The second kappa shape index (κ2) is 6.43. The van der Waals surface area contributed by atoms with Gasteiger partial charge >= 0.3 is 0 Å². The topological polar surface area (TPSA) is 80.8 Å². The number of fused-ring (bicyclic) bond motifs is 1. The van der Waals surface area contributed by atoms with Gasteiger partial charge in [0.15, 0.2) is 11.6 Å². The monoisotopic (exact) mass is 341 g/mol. The van der Waals surface area contributed by atoms with Gasteiger partial charge in [0, 0.05) is 19.8 Å². The van der Waals surface area contributed by atoms with E-state index in [1.54, 1.807) is 44.6 Å². The van der Waals surface area contributed by atoms with Crippen molar-refractivity contribution in [3.05, 3.63) is 48.2 Å². The average Bonchev–Trinajstić information content (AvgIpc) is 2.64. The molecule has 7 heteroatoms. The van der Waals surface area contributed by atoms with E-state index in [4.69, 9.17) is 9.47 Å². The zero-order chi connectivity index (χ0) is 18.0. The van der Waals surface area contributed by atoms with Crippen LogP contribution >= 0.6 is 0 Å². The van der Waals surface area contributed by atoms with Crippen molar-refractivity contribution < 1.29 is 19.1 Å². The number of pyridine rings is 1. The van der Waals surface area contributed by atoms with Crippen LogP contribution in [0.15, 0.2) is 42.6 Å². The van der Waals surface area contributed by atoms with Crippen LogP contribution in [-0.2, 0) is 16.1 Å². The standard InChI is InChI=1S/C18H19N3O4/c1-18(16(22)20-11-12-6-8-13(24-3)9-7-12)17(23)21(2)15-14(25-18)5-4-10-19-15/h4-10H,11H2,1-3H3,(H,20,22)/t18-/m0/s1. The number of nitrogens with one attached hydrogen (secondary N) is 1. The summed E-state index contributed by atoms with van der Waals surface area (Å²) in [5.74, 6) is 0.554. The molecule has 130 valence electrons. The number of anilines is 1. The lowest BCUT2D eigenvalue weighted by Gasteiger charge is -2.36. The van der Waals surface area contributed by atoms with Crippen LogP contribution in [0.25, 0.3) is 0 Å². The number of benzene rings is 1. The molecule has 0 unspecified atom stereocenters. The van der Waals surface area contributed by atoms with Crippen LogP contribution in [0, 0.1) is 0 Å². The van der Waals surface area contributed by atoms with E-state index in [0.29, 0.717) is 11.6 Å². The summed E-state index contributed by atoms with van der Waals surface area (Å²) < 4.78 is 10.8. The Hall–Kier alpha value is -3.09. The van der Waals surface area contributed by atoms with Crippen LogP contribution in [0.3, 0.4) is 0 Å². The minimum atomic E-state index is -1.64. The maximum absolute atomic E-state index is 12.7. The Bertz CT molecular complexity index is 806. The Balaban J connectivity index is 1.75. The summed E-state index contributed by atoms with van der Waals surface area (Å²) in [6, 6.07) is 10.7. The molecule has 0 bridgehead atoms. The zero-order valence-electron chi connectivity index (χ0n) is 14.3. The second-order valence-corrected chi connectivity index (χ2v) is 5.86. The molecule has 1 aromatic carbocycles. The maximum atomic E-state index is 12.7.